The number of nitrogens with two attached hydrogens (primary N) is 4. The zero-order valence-electron chi connectivity index (χ0n) is 68.9. The summed E-state index contributed by atoms with van der Waals surface area (Å²) >= 11 is 0. The number of rotatable bonds is 13. The number of hydrogen-bond donors (Lipinski definition) is 8. The van der Waals surface area contributed by atoms with E-state index in [1.807, 2.05) is 12.4 Å². The number of nitrogens with one attached hydrogen (secondary N) is 4. The summed E-state index contributed by atoms with van der Waals surface area (Å²) in [6.07, 6.45) is 27.8. The minimum atomic E-state index is -4.53. The van der Waals surface area contributed by atoms with Crippen LogP contribution in [0.1, 0.15) is 179 Å². The number of fused-ring (bicyclic) bond motifs is 16. The Kier molecular flexibility index (Phi) is 22.6. The molecule has 0 amide bonds. The summed E-state index contributed by atoms with van der Waals surface area (Å²) in [5.74, 6) is 2.66. The van der Waals surface area contributed by atoms with E-state index in [9.17, 15) is 46.8 Å². The summed E-state index contributed by atoms with van der Waals surface area (Å²) in [5, 5.41) is 35.7. The summed E-state index contributed by atoms with van der Waals surface area (Å²) in [7, 11) is -15.3. The van der Waals surface area contributed by atoms with E-state index in [4.69, 9.17) is 50.5 Å². The summed E-state index contributed by atoms with van der Waals surface area (Å²) in [6, 6.07) is 19.7. The summed E-state index contributed by atoms with van der Waals surface area (Å²) in [5.41, 5.74) is 9.54. The molecule has 0 bridgehead atoms. The Balaban J connectivity index is 0.000000118. The molecule has 4 aliphatic carbocycles. The maximum absolute atomic E-state index is 14.0. The lowest BCUT2D eigenvalue weighted by Crippen LogP contribution is -2.52. The van der Waals surface area contributed by atoms with Gasteiger partial charge in [-0.3, -0.25) is 20.0 Å². The van der Waals surface area contributed by atoms with Crippen molar-refractivity contribution in [3.05, 3.63) is 145 Å². The fourth-order valence-electron chi connectivity index (χ4n) is 19.4. The van der Waals surface area contributed by atoms with Gasteiger partial charge >= 0.3 is 6.18 Å². The zero-order valence-corrected chi connectivity index (χ0v) is 72.1. The fourth-order valence-corrected chi connectivity index (χ4v) is 21.2. The predicted octanol–water partition coefficient (Wildman–Crippen LogP) is 12.6. The molecule has 4 aliphatic heterocycles. The highest BCUT2D eigenvalue weighted by Crippen LogP contribution is 2.50. The second kappa shape index (κ2) is 33.1. The maximum Gasteiger partial charge on any atom is 0.431 e. The fraction of sp³-hybridized carbons (Fsp3) is 0.415. The summed E-state index contributed by atoms with van der Waals surface area (Å²) in [4.78, 5) is 71.1. The molecular formula is C82H93F3N28O8S4. The van der Waals surface area contributed by atoms with Gasteiger partial charge in [0.15, 0.2) is 10.1 Å². The van der Waals surface area contributed by atoms with Gasteiger partial charge in [-0.25, -0.2) is 94.1 Å². The Hall–Kier alpha value is -11.6. The maximum atomic E-state index is 14.0. The Labute approximate surface area is 717 Å². The lowest BCUT2D eigenvalue weighted by atomic mass is 9.73. The molecular weight excluding hydrogens is 1690 g/mol. The van der Waals surface area contributed by atoms with Crippen molar-refractivity contribution in [2.75, 3.05) is 21.3 Å². The topological polar surface area (TPSA) is 513 Å². The molecule has 0 radical (unpaired) electrons. The highest BCUT2D eigenvalue weighted by molar-refractivity contribution is 7.90. The molecule has 36 nitrogen and oxygen atoms in total. The number of aromatic nitrogens is 16. The highest BCUT2D eigenvalue weighted by atomic mass is 32.2. The number of hydrogen-bond acceptors (Lipinski definition) is 28. The highest BCUT2D eigenvalue weighted by Gasteiger charge is 2.55. The summed E-state index contributed by atoms with van der Waals surface area (Å²) in [6.45, 7) is 10.6. The number of sulfonamides is 4. The largest absolute Gasteiger partial charge is 0.431 e. The average Bonchev–Trinajstić information content (AvgIpc) is 1.41. The van der Waals surface area contributed by atoms with Gasteiger partial charge in [-0.05, 0) is 144 Å². The lowest BCUT2D eigenvalue weighted by molar-refractivity contribution is -0.0688. The van der Waals surface area contributed by atoms with Gasteiger partial charge < -0.3 is 39.5 Å². The van der Waals surface area contributed by atoms with E-state index >= 15 is 0 Å². The first kappa shape index (κ1) is 85.6. The lowest BCUT2D eigenvalue weighted by Gasteiger charge is -2.44. The SMILES string of the molecule is CC(C)C1=NCc2cc3cnc(Nc4ccc(S(N)(=O)=O)cn4)nc3n2C12CCCCC2.CC1=NCc2cc3cnc(Nc4ccc(S(N)(=O)=O)cn4)nc3n2C12CCCCC2.CC1=NCc2cc3cnc(Nc4ccc(S(N)(=O)=O)nc4)nc3n2C12CCCCC2.NS(=O)(=O)c1ccc(Nc2ncc3cc4n(c3n2)C2(CCCCC2)C(C(F)(F)F)=NC4)cn1. The second-order valence-corrected chi connectivity index (χ2v) is 39.3. The Morgan fingerprint density at radius 1 is 0.360 bits per heavy atom. The van der Waals surface area contributed by atoms with Crippen LogP contribution in [-0.4, -0.2) is 141 Å². The van der Waals surface area contributed by atoms with Crippen LogP contribution in [0.4, 0.5) is 60.0 Å². The molecule has 0 atom stereocenters. The molecule has 12 aromatic heterocycles. The van der Waals surface area contributed by atoms with Crippen molar-refractivity contribution in [1.82, 2.24) is 78.1 Å². The molecule has 16 heterocycles. The van der Waals surface area contributed by atoms with Gasteiger partial charge in [0, 0.05) is 98.6 Å². The van der Waals surface area contributed by atoms with Crippen molar-refractivity contribution in [3.63, 3.8) is 0 Å². The Morgan fingerprint density at radius 3 is 0.992 bits per heavy atom. The van der Waals surface area contributed by atoms with E-state index in [1.54, 1.807) is 41.2 Å². The van der Waals surface area contributed by atoms with Crippen molar-refractivity contribution in [1.29, 1.82) is 0 Å². The van der Waals surface area contributed by atoms with Crippen LogP contribution in [0.3, 0.4) is 0 Å². The van der Waals surface area contributed by atoms with E-state index < -0.39 is 57.5 Å². The third kappa shape index (κ3) is 16.7. The van der Waals surface area contributed by atoms with Crippen LogP contribution < -0.4 is 41.8 Å². The van der Waals surface area contributed by atoms with Crippen LogP contribution in [-0.2, 0) is 88.4 Å². The van der Waals surface area contributed by atoms with Crippen LogP contribution in [0.2, 0.25) is 0 Å². The van der Waals surface area contributed by atoms with Gasteiger partial charge in [0.05, 0.1) is 72.1 Å². The molecule has 8 aliphatic rings. The average molecular weight is 1780 g/mol. The molecule has 12 N–H and O–H groups in total. The number of anilines is 8. The van der Waals surface area contributed by atoms with Crippen LogP contribution in [0, 0.1) is 5.92 Å². The van der Waals surface area contributed by atoms with E-state index in [-0.39, 0.29) is 49.0 Å². The van der Waals surface area contributed by atoms with Crippen molar-refractivity contribution in [2.45, 2.75) is 230 Å². The predicted molar refractivity (Wildman–Crippen MR) is 467 cm³/mol. The third-order valence-corrected chi connectivity index (χ3v) is 28.4. The van der Waals surface area contributed by atoms with E-state index in [1.165, 1.54) is 147 Å². The monoisotopic (exact) mass is 1780 g/mol. The molecule has 12 aromatic rings. The number of primary sulfonamides is 4. The van der Waals surface area contributed by atoms with E-state index in [2.05, 4.69) is 131 Å². The minimum absolute atomic E-state index is 0.0418. The van der Waals surface area contributed by atoms with Crippen molar-refractivity contribution >= 4 is 154 Å². The van der Waals surface area contributed by atoms with Gasteiger partial charge in [-0.1, -0.05) is 90.9 Å². The zero-order chi connectivity index (χ0) is 87.8. The number of halogens is 3. The van der Waals surface area contributed by atoms with Crippen molar-refractivity contribution < 1.29 is 46.8 Å². The molecule has 0 unspecified atom stereocenters. The third-order valence-electron chi connectivity index (χ3n) is 24.9. The smallest absolute Gasteiger partial charge is 0.323 e. The van der Waals surface area contributed by atoms with Gasteiger partial charge in [0.2, 0.25) is 43.8 Å². The molecule has 20 rings (SSSR count). The second-order valence-electron chi connectivity index (χ2n) is 33.2. The van der Waals surface area contributed by atoms with Crippen LogP contribution in [0.25, 0.3) is 44.1 Å². The summed E-state index contributed by atoms with van der Waals surface area (Å²) < 4.78 is 142. The quantitative estimate of drug-likeness (QED) is 0.0531. The van der Waals surface area contributed by atoms with Gasteiger partial charge in [0.1, 0.15) is 49.7 Å². The Morgan fingerprint density at radius 2 is 0.680 bits per heavy atom. The van der Waals surface area contributed by atoms with Gasteiger partial charge in [-0.15, -0.1) is 0 Å². The first-order valence-electron chi connectivity index (χ1n) is 41.3. The van der Waals surface area contributed by atoms with Crippen molar-refractivity contribution in [3.8, 4) is 0 Å². The van der Waals surface area contributed by atoms with Crippen molar-refractivity contribution in [2.24, 2.45) is 46.4 Å². The van der Waals surface area contributed by atoms with Crippen LogP contribution in [0.5, 0.6) is 0 Å². The van der Waals surface area contributed by atoms with E-state index in [0.29, 0.717) is 109 Å². The molecule has 43 heteroatoms. The number of aliphatic imine (C=N–C) groups is 4. The molecule has 4 spiro atoms. The van der Waals surface area contributed by atoms with Gasteiger partial charge in [0.25, 0.3) is 20.0 Å². The molecule has 0 aromatic carbocycles. The minimum Gasteiger partial charge on any atom is -0.323 e. The number of pyridine rings is 4. The van der Waals surface area contributed by atoms with Gasteiger partial charge in [-0.2, -0.15) is 33.1 Å². The molecule has 4 saturated carbocycles. The first-order chi connectivity index (χ1) is 59.6. The first-order valence-corrected chi connectivity index (χ1v) is 47.5. The molecule has 654 valence electrons. The number of alkyl halides is 3. The van der Waals surface area contributed by atoms with E-state index in [0.717, 1.165) is 78.0 Å². The standard InChI is InChI=1S/C22H27N7O2S.C20H20F3N7O2S.2C20H23N7O2S/c1-14(2)19-22(8-4-3-5-9-22)29-16(12-25-19)10-15-11-26-21(28-20(15)29)27-18-7-6-17(13-24-18)32(23,30)31;21-20(22,23)17-19(6-2-1-3-7-19)30-14(11-26-17)8-12-9-27-18(29-16(12)30)28-13-4-5-15(25-10-13)33(24,31)32;1-13-20(7-3-2-4-8-20)27-15(11-22-13)9-14-10-24-19(26-18(14)27)25-17-6-5-16(12-23-17)30(21,28)29;1-13-20(7-3-2-4-8-20)27-16(12-22-13)9-14-10-24-19(26-18(14)27)25-15-5-6-17(23-11-15)30(21,28)29/h6-7,10-11,13-14H,3-5,8-9,12H2,1-2H3,(H2,23,30,31)(H,24,26,27,28);4-5,8-10H,1-3,6-7,11H2,(H2,24,31,32)(H,27,28,29);5-6,9-10,12H,2-4,7-8,11H2,1H3,(H2,21,28,29)(H,23,24,25,26);5-6,9-11H,2-4,7-8,12H2,1H3,(H2,21,28,29)(H,24,25,26). The van der Waals surface area contributed by atoms with Crippen LogP contribution >= 0.6 is 0 Å². The number of nitrogens with zero attached hydrogens (tertiary/aromatic N) is 20. The molecule has 125 heavy (non-hydrogen) atoms. The molecule has 0 saturated heterocycles. The molecule has 4 fully saturated rings. The Bertz CT molecular complexity index is 6610. The normalized spacial score (nSPS) is 18.2. The van der Waals surface area contributed by atoms with Crippen LogP contribution in [0.15, 0.2) is 162 Å².